The van der Waals surface area contributed by atoms with Crippen LogP contribution < -0.4 is 15.0 Å². The number of ether oxygens (including phenoxy) is 1. The highest BCUT2D eigenvalue weighted by Gasteiger charge is 2.48. The lowest BCUT2D eigenvalue weighted by Gasteiger charge is -2.52. The van der Waals surface area contributed by atoms with E-state index in [2.05, 4.69) is 5.32 Å². The standard InChI is InChI=1S/C17H14ClFN2OS/c1-17-9-14(13-8-11(19)4-7-15(13)22-17)20-16(23)21(17)12-5-2-10(18)3-6-12/h2-8,14H,9H2,1H3,(H,20,23)/t14-,17+/m0/s1. The van der Waals surface area contributed by atoms with E-state index in [1.165, 1.54) is 12.1 Å². The van der Waals surface area contributed by atoms with E-state index in [1.807, 2.05) is 36.1 Å². The summed E-state index contributed by atoms with van der Waals surface area (Å²) in [5.74, 6) is 0.405. The summed E-state index contributed by atoms with van der Waals surface area (Å²) in [5.41, 5.74) is 1.07. The first-order valence-corrected chi connectivity index (χ1v) is 8.10. The number of halogens is 2. The topological polar surface area (TPSA) is 24.5 Å². The predicted molar refractivity (Wildman–Crippen MR) is 92.5 cm³/mol. The van der Waals surface area contributed by atoms with Crippen LogP contribution in [0.1, 0.15) is 24.9 Å². The van der Waals surface area contributed by atoms with Gasteiger partial charge in [0.25, 0.3) is 0 Å². The summed E-state index contributed by atoms with van der Waals surface area (Å²) >= 11 is 11.5. The molecule has 118 valence electrons. The maximum atomic E-state index is 13.6. The van der Waals surface area contributed by atoms with Crippen LogP contribution in [-0.2, 0) is 0 Å². The van der Waals surface area contributed by atoms with Crippen molar-refractivity contribution >= 4 is 34.6 Å². The Morgan fingerprint density at radius 3 is 2.78 bits per heavy atom. The summed E-state index contributed by atoms with van der Waals surface area (Å²) in [5, 5.41) is 4.52. The molecule has 4 rings (SSSR count). The molecule has 2 atom stereocenters. The molecule has 0 unspecified atom stereocenters. The molecular formula is C17H14ClFN2OS. The van der Waals surface area contributed by atoms with Crippen LogP contribution in [0.2, 0.25) is 5.02 Å². The second-order valence-electron chi connectivity index (χ2n) is 5.98. The molecule has 0 amide bonds. The summed E-state index contributed by atoms with van der Waals surface area (Å²) < 4.78 is 19.8. The molecule has 2 aliphatic rings. The number of hydrogen-bond donors (Lipinski definition) is 1. The van der Waals surface area contributed by atoms with Gasteiger partial charge in [0.2, 0.25) is 0 Å². The van der Waals surface area contributed by atoms with E-state index in [1.54, 1.807) is 6.07 Å². The molecule has 2 heterocycles. The van der Waals surface area contributed by atoms with Gasteiger partial charge in [-0.2, -0.15) is 0 Å². The van der Waals surface area contributed by atoms with Crippen molar-refractivity contribution in [2.24, 2.45) is 0 Å². The molecule has 0 saturated carbocycles. The summed E-state index contributed by atoms with van der Waals surface area (Å²) in [7, 11) is 0. The van der Waals surface area contributed by atoms with Crippen LogP contribution in [0.4, 0.5) is 10.1 Å². The van der Waals surface area contributed by atoms with Gasteiger partial charge in [0.15, 0.2) is 10.8 Å². The van der Waals surface area contributed by atoms with E-state index in [-0.39, 0.29) is 11.9 Å². The molecule has 0 aliphatic carbocycles. The smallest absolute Gasteiger partial charge is 0.188 e. The van der Waals surface area contributed by atoms with E-state index in [0.717, 1.165) is 11.3 Å². The molecule has 0 aromatic heterocycles. The fraction of sp³-hybridized carbons (Fsp3) is 0.235. The Morgan fingerprint density at radius 2 is 2.04 bits per heavy atom. The lowest BCUT2D eigenvalue weighted by atomic mass is 9.90. The van der Waals surface area contributed by atoms with Crippen molar-refractivity contribution in [1.29, 1.82) is 0 Å². The van der Waals surface area contributed by atoms with E-state index >= 15 is 0 Å². The molecule has 3 nitrogen and oxygen atoms in total. The zero-order valence-corrected chi connectivity index (χ0v) is 13.9. The van der Waals surface area contributed by atoms with Gasteiger partial charge in [-0.1, -0.05) is 11.6 Å². The summed E-state index contributed by atoms with van der Waals surface area (Å²) in [6.45, 7) is 1.99. The third kappa shape index (κ3) is 2.35. The molecule has 23 heavy (non-hydrogen) atoms. The van der Waals surface area contributed by atoms with Crippen LogP contribution in [0.15, 0.2) is 42.5 Å². The van der Waals surface area contributed by atoms with Crippen LogP contribution in [-0.4, -0.2) is 10.8 Å². The van der Waals surface area contributed by atoms with Gasteiger partial charge in [0.1, 0.15) is 11.6 Å². The zero-order valence-electron chi connectivity index (χ0n) is 12.3. The van der Waals surface area contributed by atoms with E-state index in [4.69, 9.17) is 28.6 Å². The predicted octanol–water partition coefficient (Wildman–Crippen LogP) is 4.41. The number of nitrogens with zero attached hydrogens (tertiary/aromatic N) is 1. The molecule has 0 spiro atoms. The highest BCUT2D eigenvalue weighted by atomic mass is 35.5. The maximum Gasteiger partial charge on any atom is 0.188 e. The monoisotopic (exact) mass is 348 g/mol. The lowest BCUT2D eigenvalue weighted by Crippen LogP contribution is -2.65. The van der Waals surface area contributed by atoms with Gasteiger partial charge < -0.3 is 10.1 Å². The van der Waals surface area contributed by atoms with Crippen molar-refractivity contribution in [3.63, 3.8) is 0 Å². The van der Waals surface area contributed by atoms with E-state index in [0.29, 0.717) is 22.3 Å². The Balaban J connectivity index is 1.79. The van der Waals surface area contributed by atoms with Gasteiger partial charge >= 0.3 is 0 Å². The molecular weight excluding hydrogens is 335 g/mol. The van der Waals surface area contributed by atoms with Crippen molar-refractivity contribution in [1.82, 2.24) is 5.32 Å². The minimum absolute atomic E-state index is 0.0597. The first-order valence-electron chi connectivity index (χ1n) is 7.31. The third-order valence-electron chi connectivity index (χ3n) is 4.32. The van der Waals surface area contributed by atoms with Crippen molar-refractivity contribution in [2.75, 3.05) is 4.90 Å². The maximum absolute atomic E-state index is 13.6. The number of anilines is 1. The number of rotatable bonds is 1. The molecule has 0 radical (unpaired) electrons. The average molecular weight is 349 g/mol. The first-order chi connectivity index (χ1) is 11.0. The number of benzene rings is 2. The number of nitrogens with one attached hydrogen (secondary N) is 1. The fourth-order valence-corrected chi connectivity index (χ4v) is 3.89. The Hall–Kier alpha value is -1.85. The molecule has 2 aromatic carbocycles. The highest BCUT2D eigenvalue weighted by Crippen LogP contribution is 2.45. The zero-order chi connectivity index (χ0) is 16.2. The summed E-state index contributed by atoms with van der Waals surface area (Å²) in [6, 6.07) is 12.0. The van der Waals surface area contributed by atoms with Gasteiger partial charge in [0.05, 0.1) is 6.04 Å². The SMILES string of the molecule is C[C@@]12C[C@H](NC(=S)N1c1ccc(Cl)cc1)c1cc(F)ccc1O2. The highest BCUT2D eigenvalue weighted by molar-refractivity contribution is 7.80. The molecule has 2 aromatic rings. The second-order valence-corrected chi connectivity index (χ2v) is 6.80. The summed E-state index contributed by atoms with van der Waals surface area (Å²) in [6.07, 6.45) is 0.659. The molecule has 1 N–H and O–H groups in total. The van der Waals surface area contributed by atoms with Crippen molar-refractivity contribution < 1.29 is 9.13 Å². The van der Waals surface area contributed by atoms with Crippen molar-refractivity contribution in [3.8, 4) is 5.75 Å². The molecule has 6 heteroatoms. The van der Waals surface area contributed by atoms with E-state index in [9.17, 15) is 4.39 Å². The van der Waals surface area contributed by atoms with Crippen molar-refractivity contribution in [3.05, 3.63) is 58.9 Å². The van der Waals surface area contributed by atoms with Gasteiger partial charge in [-0.05, 0) is 61.6 Å². The van der Waals surface area contributed by atoms with Crippen molar-refractivity contribution in [2.45, 2.75) is 25.1 Å². The minimum Gasteiger partial charge on any atom is -0.467 e. The Bertz CT molecular complexity index is 798. The van der Waals surface area contributed by atoms with Crippen LogP contribution in [0.3, 0.4) is 0 Å². The second kappa shape index (κ2) is 5.08. The normalized spacial score (nSPS) is 25.4. The summed E-state index contributed by atoms with van der Waals surface area (Å²) in [4.78, 5) is 1.95. The first kappa shape index (κ1) is 14.7. The van der Waals surface area contributed by atoms with Gasteiger partial charge in [0, 0.05) is 22.7 Å². The van der Waals surface area contributed by atoms with Crippen LogP contribution in [0.5, 0.6) is 5.75 Å². The minimum atomic E-state index is -0.633. The molecule has 2 bridgehead atoms. The van der Waals surface area contributed by atoms with Crippen LogP contribution in [0, 0.1) is 5.82 Å². The number of hydrogen-bond acceptors (Lipinski definition) is 2. The third-order valence-corrected chi connectivity index (χ3v) is 4.87. The van der Waals surface area contributed by atoms with E-state index < -0.39 is 5.72 Å². The largest absolute Gasteiger partial charge is 0.467 e. The van der Waals surface area contributed by atoms with Crippen LogP contribution in [0.25, 0.3) is 0 Å². The quantitative estimate of drug-likeness (QED) is 0.771. The average Bonchev–Trinajstić information content (AvgIpc) is 2.49. The van der Waals surface area contributed by atoms with Crippen LogP contribution >= 0.6 is 23.8 Å². The molecule has 2 aliphatic heterocycles. The number of fused-ring (bicyclic) bond motifs is 4. The number of thiocarbonyl (C=S) groups is 1. The Kier molecular flexibility index (Phi) is 3.25. The van der Waals surface area contributed by atoms with Gasteiger partial charge in [-0.25, -0.2) is 4.39 Å². The molecule has 1 saturated heterocycles. The fourth-order valence-electron chi connectivity index (χ4n) is 3.33. The lowest BCUT2D eigenvalue weighted by molar-refractivity contribution is 0.0495. The Morgan fingerprint density at radius 1 is 1.30 bits per heavy atom. The van der Waals surface area contributed by atoms with Gasteiger partial charge in [-0.3, -0.25) is 4.90 Å². The van der Waals surface area contributed by atoms with Gasteiger partial charge in [-0.15, -0.1) is 0 Å². The molecule has 1 fully saturated rings. The Labute approximate surface area is 144 Å².